The summed E-state index contributed by atoms with van der Waals surface area (Å²) in [4.78, 5) is 0. The summed E-state index contributed by atoms with van der Waals surface area (Å²) >= 11 is 9.09. The van der Waals surface area contributed by atoms with Crippen LogP contribution >= 0.6 is 27.5 Å². The Morgan fingerprint density at radius 3 is 2.75 bits per heavy atom. The number of rotatable bonds is 1. The molecule has 2 nitrogen and oxygen atoms in total. The molecule has 0 saturated carbocycles. The zero-order valence-corrected chi connectivity index (χ0v) is 8.48. The van der Waals surface area contributed by atoms with Crippen LogP contribution in [-0.2, 0) is 6.54 Å². The van der Waals surface area contributed by atoms with Crippen molar-refractivity contribution < 1.29 is 0 Å². The molecular weight excluding hydrogens is 239 g/mol. The van der Waals surface area contributed by atoms with Crippen LogP contribution in [0.5, 0.6) is 0 Å². The third kappa shape index (κ3) is 1.78. The van der Waals surface area contributed by atoms with Crippen LogP contribution in [0.25, 0.3) is 0 Å². The number of nitrogens with zero attached hydrogens (tertiary/aromatic N) is 1. The van der Waals surface area contributed by atoms with Gasteiger partial charge in [0.05, 0.1) is 11.6 Å². The number of hydrogen-bond donors (Lipinski definition) is 1. The van der Waals surface area contributed by atoms with E-state index in [9.17, 15) is 0 Å². The van der Waals surface area contributed by atoms with Crippen LogP contribution in [0.3, 0.4) is 0 Å². The molecule has 0 bridgehead atoms. The molecule has 0 atom stereocenters. The molecule has 0 aliphatic heterocycles. The van der Waals surface area contributed by atoms with Gasteiger partial charge in [0, 0.05) is 21.6 Å². The number of hydrogen-bond acceptors (Lipinski definition) is 2. The van der Waals surface area contributed by atoms with Gasteiger partial charge in [-0.15, -0.1) is 0 Å². The topological polar surface area (TPSA) is 49.8 Å². The largest absolute Gasteiger partial charge is 0.326 e. The van der Waals surface area contributed by atoms with Crippen LogP contribution in [0.4, 0.5) is 0 Å². The van der Waals surface area contributed by atoms with Crippen LogP contribution in [-0.4, -0.2) is 0 Å². The predicted molar refractivity (Wildman–Crippen MR) is 51.8 cm³/mol. The SMILES string of the molecule is N#Cc1cc(Br)cc(Cl)c1CN. The Labute approximate surface area is 84.1 Å². The van der Waals surface area contributed by atoms with Gasteiger partial charge in [0.1, 0.15) is 0 Å². The molecule has 0 aromatic heterocycles. The fourth-order valence-electron chi connectivity index (χ4n) is 0.911. The van der Waals surface area contributed by atoms with E-state index in [0.717, 1.165) is 4.47 Å². The summed E-state index contributed by atoms with van der Waals surface area (Å²) in [5.41, 5.74) is 6.65. The van der Waals surface area contributed by atoms with Gasteiger partial charge >= 0.3 is 0 Å². The Morgan fingerprint density at radius 2 is 2.25 bits per heavy atom. The van der Waals surface area contributed by atoms with E-state index in [1.807, 2.05) is 6.07 Å². The fourth-order valence-corrected chi connectivity index (χ4v) is 1.80. The van der Waals surface area contributed by atoms with Crippen molar-refractivity contribution in [2.24, 2.45) is 5.73 Å². The maximum Gasteiger partial charge on any atom is 0.0995 e. The molecule has 62 valence electrons. The van der Waals surface area contributed by atoms with E-state index in [1.165, 1.54) is 0 Å². The fraction of sp³-hybridized carbons (Fsp3) is 0.125. The number of halogens is 2. The predicted octanol–water partition coefficient (Wildman–Crippen LogP) is 2.43. The third-order valence-electron chi connectivity index (χ3n) is 1.48. The quantitative estimate of drug-likeness (QED) is 0.826. The van der Waals surface area contributed by atoms with Crippen molar-refractivity contribution in [3.05, 3.63) is 32.8 Å². The Kier molecular flexibility index (Phi) is 3.10. The summed E-state index contributed by atoms with van der Waals surface area (Å²) in [5.74, 6) is 0. The van der Waals surface area contributed by atoms with Gasteiger partial charge in [0.25, 0.3) is 0 Å². The van der Waals surface area contributed by atoms with Gasteiger partial charge in [0.2, 0.25) is 0 Å². The molecule has 0 fully saturated rings. The van der Waals surface area contributed by atoms with Crippen molar-refractivity contribution in [1.82, 2.24) is 0 Å². The van der Waals surface area contributed by atoms with Gasteiger partial charge in [-0.2, -0.15) is 5.26 Å². The molecule has 1 aromatic rings. The standard InChI is InChI=1S/C8H6BrClN2/c9-6-1-5(3-11)7(4-12)8(10)2-6/h1-2H,4,12H2. The summed E-state index contributed by atoms with van der Waals surface area (Å²) < 4.78 is 0.793. The maximum absolute atomic E-state index is 8.71. The zero-order valence-electron chi connectivity index (χ0n) is 6.14. The number of nitriles is 1. The highest BCUT2D eigenvalue weighted by molar-refractivity contribution is 9.10. The van der Waals surface area contributed by atoms with Gasteiger partial charge in [-0.1, -0.05) is 27.5 Å². The first-order valence-electron chi connectivity index (χ1n) is 3.27. The molecule has 1 rings (SSSR count). The smallest absolute Gasteiger partial charge is 0.0995 e. The molecule has 2 N–H and O–H groups in total. The second-order valence-corrected chi connectivity index (χ2v) is 3.55. The molecule has 0 aliphatic carbocycles. The second kappa shape index (κ2) is 3.90. The maximum atomic E-state index is 8.71. The number of nitrogens with two attached hydrogens (primary N) is 1. The van der Waals surface area contributed by atoms with Gasteiger partial charge in [-0.3, -0.25) is 0 Å². The lowest BCUT2D eigenvalue weighted by molar-refractivity contribution is 1.06. The minimum Gasteiger partial charge on any atom is -0.326 e. The highest BCUT2D eigenvalue weighted by Gasteiger charge is 2.06. The summed E-state index contributed by atoms with van der Waals surface area (Å²) in [6.07, 6.45) is 0. The van der Waals surface area contributed by atoms with Crippen LogP contribution in [0.1, 0.15) is 11.1 Å². The van der Waals surface area contributed by atoms with Gasteiger partial charge in [-0.05, 0) is 12.1 Å². The van der Waals surface area contributed by atoms with Crippen LogP contribution in [0.2, 0.25) is 5.02 Å². The second-order valence-electron chi connectivity index (χ2n) is 2.23. The molecular formula is C8H6BrClN2. The van der Waals surface area contributed by atoms with Crippen LogP contribution in [0, 0.1) is 11.3 Å². The van der Waals surface area contributed by atoms with Gasteiger partial charge in [0.15, 0.2) is 0 Å². The van der Waals surface area contributed by atoms with E-state index >= 15 is 0 Å². The first kappa shape index (κ1) is 9.53. The minimum atomic E-state index is 0.287. The summed E-state index contributed by atoms with van der Waals surface area (Å²) in [6.45, 7) is 0.287. The molecule has 0 amide bonds. The average molecular weight is 246 g/mol. The van der Waals surface area contributed by atoms with E-state index in [0.29, 0.717) is 16.1 Å². The summed E-state index contributed by atoms with van der Waals surface area (Å²) in [7, 11) is 0. The lowest BCUT2D eigenvalue weighted by atomic mass is 10.1. The van der Waals surface area contributed by atoms with Crippen LogP contribution < -0.4 is 5.73 Å². The lowest BCUT2D eigenvalue weighted by Gasteiger charge is -2.03. The molecule has 4 heteroatoms. The molecule has 12 heavy (non-hydrogen) atoms. The Bertz CT molecular complexity index is 344. The first-order chi connectivity index (χ1) is 5.69. The Morgan fingerprint density at radius 1 is 1.58 bits per heavy atom. The molecule has 0 heterocycles. The monoisotopic (exact) mass is 244 g/mol. The van der Waals surface area contributed by atoms with Gasteiger partial charge in [-0.25, -0.2) is 0 Å². The molecule has 0 aliphatic rings. The summed E-state index contributed by atoms with van der Waals surface area (Å²) in [6, 6.07) is 5.46. The van der Waals surface area contributed by atoms with E-state index in [2.05, 4.69) is 15.9 Å². The van der Waals surface area contributed by atoms with Crippen molar-refractivity contribution in [1.29, 1.82) is 5.26 Å². The summed E-state index contributed by atoms with van der Waals surface area (Å²) in [5, 5.41) is 9.24. The molecule has 0 spiro atoms. The molecule has 0 unspecified atom stereocenters. The Balaban J connectivity index is 3.36. The van der Waals surface area contributed by atoms with E-state index < -0.39 is 0 Å². The third-order valence-corrected chi connectivity index (χ3v) is 2.28. The minimum absolute atomic E-state index is 0.287. The van der Waals surface area contributed by atoms with Crippen molar-refractivity contribution in [2.45, 2.75) is 6.54 Å². The first-order valence-corrected chi connectivity index (χ1v) is 4.44. The lowest BCUT2D eigenvalue weighted by Crippen LogP contribution is -2.00. The van der Waals surface area contributed by atoms with Crippen molar-refractivity contribution >= 4 is 27.5 Å². The van der Waals surface area contributed by atoms with Crippen molar-refractivity contribution in [2.75, 3.05) is 0 Å². The van der Waals surface area contributed by atoms with E-state index in [4.69, 9.17) is 22.6 Å². The van der Waals surface area contributed by atoms with Gasteiger partial charge < -0.3 is 5.73 Å². The highest BCUT2D eigenvalue weighted by atomic mass is 79.9. The Hall–Kier alpha value is -0.560. The normalized spacial score (nSPS) is 9.50. The highest BCUT2D eigenvalue weighted by Crippen LogP contribution is 2.24. The molecule has 1 aromatic carbocycles. The van der Waals surface area contributed by atoms with Crippen LogP contribution in [0.15, 0.2) is 16.6 Å². The van der Waals surface area contributed by atoms with E-state index in [-0.39, 0.29) is 6.54 Å². The van der Waals surface area contributed by atoms with Crippen molar-refractivity contribution in [3.8, 4) is 6.07 Å². The molecule has 0 radical (unpaired) electrons. The van der Waals surface area contributed by atoms with Crippen molar-refractivity contribution in [3.63, 3.8) is 0 Å². The van der Waals surface area contributed by atoms with E-state index in [1.54, 1.807) is 12.1 Å². The zero-order chi connectivity index (χ0) is 9.14. The molecule has 0 saturated heterocycles. The average Bonchev–Trinajstić information content (AvgIpc) is 2.03. The number of benzene rings is 1.